The Kier molecular flexibility index (Phi) is 11.8. The predicted octanol–water partition coefficient (Wildman–Crippen LogP) is 7.08. The molecule has 1 radical (unpaired) electrons. The van der Waals surface area contributed by atoms with E-state index in [4.69, 9.17) is 4.74 Å². The van der Waals surface area contributed by atoms with E-state index >= 15 is 0 Å². The standard InChI is InChI=1S/C27H49BNO2/c1-28-24-13-9-11-22(12-10-14-24)23-17-19-25(20-18-23)29-27(30)21-31-26-15-7-5-3-2-4-6-8-16-26/h22-26H,2-21H2,1H3,(H,29,30). The first kappa shape index (κ1) is 25.1. The summed E-state index contributed by atoms with van der Waals surface area (Å²) in [7, 11) is 2.43. The molecular weight excluding hydrogens is 381 g/mol. The van der Waals surface area contributed by atoms with E-state index in [9.17, 15) is 4.79 Å². The monoisotopic (exact) mass is 430 g/mol. The molecule has 177 valence electrons. The van der Waals surface area contributed by atoms with Crippen molar-refractivity contribution in [3.05, 3.63) is 0 Å². The van der Waals surface area contributed by atoms with Crippen molar-refractivity contribution < 1.29 is 9.53 Å². The fraction of sp³-hybridized carbons (Fsp3) is 0.963. The molecule has 0 atom stereocenters. The summed E-state index contributed by atoms with van der Waals surface area (Å²) in [6.45, 7) is 2.51. The van der Waals surface area contributed by atoms with E-state index in [1.165, 1.54) is 109 Å². The summed E-state index contributed by atoms with van der Waals surface area (Å²) in [5.41, 5.74) is 0. The predicted molar refractivity (Wildman–Crippen MR) is 132 cm³/mol. The smallest absolute Gasteiger partial charge is 0.246 e. The third kappa shape index (κ3) is 9.48. The average molecular weight is 431 g/mol. The van der Waals surface area contributed by atoms with Gasteiger partial charge in [-0.2, -0.15) is 0 Å². The summed E-state index contributed by atoms with van der Waals surface area (Å²) in [4.78, 5) is 12.5. The highest BCUT2D eigenvalue weighted by Gasteiger charge is 2.29. The van der Waals surface area contributed by atoms with Gasteiger partial charge in [0.15, 0.2) is 0 Å². The maximum absolute atomic E-state index is 12.5. The molecule has 3 rings (SSSR count). The molecule has 3 fully saturated rings. The summed E-state index contributed by atoms with van der Waals surface area (Å²) in [5.74, 6) is 2.82. The number of amides is 1. The molecule has 31 heavy (non-hydrogen) atoms. The summed E-state index contributed by atoms with van der Waals surface area (Å²) in [6.07, 6.45) is 25.3. The van der Waals surface area contributed by atoms with Crippen LogP contribution in [0.5, 0.6) is 0 Å². The third-order valence-corrected chi connectivity index (χ3v) is 8.58. The van der Waals surface area contributed by atoms with Gasteiger partial charge in [0, 0.05) is 6.04 Å². The minimum Gasteiger partial charge on any atom is -0.368 e. The Morgan fingerprint density at radius 1 is 0.710 bits per heavy atom. The molecule has 0 aromatic rings. The Morgan fingerprint density at radius 2 is 1.26 bits per heavy atom. The number of nitrogens with one attached hydrogen (secondary N) is 1. The number of rotatable bonds is 6. The minimum atomic E-state index is 0.119. The lowest BCUT2D eigenvalue weighted by molar-refractivity contribution is -0.129. The molecule has 3 nitrogen and oxygen atoms in total. The summed E-state index contributed by atoms with van der Waals surface area (Å²) in [6, 6.07) is 0.379. The van der Waals surface area contributed by atoms with Crippen LogP contribution in [-0.4, -0.2) is 31.9 Å². The first-order chi connectivity index (χ1) is 15.2. The molecule has 1 amide bonds. The molecule has 0 aliphatic heterocycles. The molecule has 3 aliphatic carbocycles. The fourth-order valence-corrected chi connectivity index (χ4v) is 6.51. The van der Waals surface area contributed by atoms with Crippen molar-refractivity contribution in [1.29, 1.82) is 0 Å². The van der Waals surface area contributed by atoms with Crippen molar-refractivity contribution in [2.24, 2.45) is 11.8 Å². The highest BCUT2D eigenvalue weighted by molar-refractivity contribution is 6.35. The summed E-state index contributed by atoms with van der Waals surface area (Å²) in [5, 5.41) is 3.30. The van der Waals surface area contributed by atoms with Gasteiger partial charge in [-0.3, -0.25) is 4.79 Å². The number of hydrogen-bond acceptors (Lipinski definition) is 2. The van der Waals surface area contributed by atoms with Crippen LogP contribution in [0.2, 0.25) is 12.6 Å². The topological polar surface area (TPSA) is 38.3 Å². The second-order valence-corrected chi connectivity index (χ2v) is 10.9. The SMILES string of the molecule is C[B]C1CCCC(C2CCC(NC(=O)COC3CCCCCCCCC3)CC2)CCC1. The van der Waals surface area contributed by atoms with Crippen LogP contribution in [0, 0.1) is 11.8 Å². The summed E-state index contributed by atoms with van der Waals surface area (Å²) < 4.78 is 6.06. The van der Waals surface area contributed by atoms with Gasteiger partial charge in [0.1, 0.15) is 13.9 Å². The zero-order valence-electron chi connectivity index (χ0n) is 20.4. The second-order valence-electron chi connectivity index (χ2n) is 10.9. The van der Waals surface area contributed by atoms with Crippen LogP contribution >= 0.6 is 0 Å². The summed E-state index contributed by atoms with van der Waals surface area (Å²) >= 11 is 0. The number of ether oxygens (including phenoxy) is 1. The fourth-order valence-electron chi connectivity index (χ4n) is 6.51. The molecule has 0 spiro atoms. The van der Waals surface area contributed by atoms with E-state index in [0.717, 1.165) is 30.5 Å². The van der Waals surface area contributed by atoms with Gasteiger partial charge in [0.2, 0.25) is 5.91 Å². The van der Waals surface area contributed by atoms with Crippen LogP contribution in [0.3, 0.4) is 0 Å². The van der Waals surface area contributed by atoms with Crippen molar-refractivity contribution in [3.63, 3.8) is 0 Å². The molecule has 3 aliphatic rings. The Balaban J connectivity index is 1.31. The molecule has 0 heterocycles. The Bertz CT molecular complexity index is 472. The molecule has 4 heteroatoms. The number of hydrogen-bond donors (Lipinski definition) is 1. The molecule has 1 N–H and O–H groups in total. The van der Waals surface area contributed by atoms with Crippen LogP contribution in [0.25, 0.3) is 0 Å². The van der Waals surface area contributed by atoms with Gasteiger partial charge in [-0.15, -0.1) is 0 Å². The van der Waals surface area contributed by atoms with Crippen molar-refractivity contribution in [1.82, 2.24) is 5.32 Å². The van der Waals surface area contributed by atoms with Crippen LogP contribution < -0.4 is 5.32 Å². The van der Waals surface area contributed by atoms with Crippen LogP contribution in [0.4, 0.5) is 0 Å². The number of carbonyl (C=O) groups is 1. The first-order valence-electron chi connectivity index (χ1n) is 13.9. The van der Waals surface area contributed by atoms with Gasteiger partial charge in [-0.05, 0) is 50.4 Å². The van der Waals surface area contributed by atoms with Crippen LogP contribution in [0.1, 0.15) is 122 Å². The van der Waals surface area contributed by atoms with Crippen molar-refractivity contribution in [2.45, 2.75) is 147 Å². The molecule has 0 bridgehead atoms. The second kappa shape index (κ2) is 14.6. The average Bonchev–Trinajstić information content (AvgIpc) is 2.77. The van der Waals surface area contributed by atoms with Gasteiger partial charge in [-0.25, -0.2) is 0 Å². The minimum absolute atomic E-state index is 0.119. The molecule has 0 unspecified atom stereocenters. The highest BCUT2D eigenvalue weighted by atomic mass is 16.5. The maximum atomic E-state index is 12.5. The van der Waals surface area contributed by atoms with Gasteiger partial charge in [0.25, 0.3) is 0 Å². The van der Waals surface area contributed by atoms with E-state index in [1.54, 1.807) is 0 Å². The highest BCUT2D eigenvalue weighted by Crippen LogP contribution is 2.38. The van der Waals surface area contributed by atoms with E-state index in [0.29, 0.717) is 12.1 Å². The zero-order chi connectivity index (χ0) is 21.7. The lowest BCUT2D eigenvalue weighted by atomic mass is 9.61. The molecule has 3 saturated carbocycles. The van der Waals surface area contributed by atoms with E-state index in [-0.39, 0.29) is 12.5 Å². The van der Waals surface area contributed by atoms with E-state index in [2.05, 4.69) is 19.4 Å². The Morgan fingerprint density at radius 3 is 1.84 bits per heavy atom. The van der Waals surface area contributed by atoms with Crippen molar-refractivity contribution in [3.8, 4) is 0 Å². The Hall–Kier alpha value is -0.505. The normalized spacial score (nSPS) is 32.4. The van der Waals surface area contributed by atoms with Gasteiger partial charge in [0.05, 0.1) is 6.10 Å². The lowest BCUT2D eigenvalue weighted by Crippen LogP contribution is -2.41. The van der Waals surface area contributed by atoms with Gasteiger partial charge >= 0.3 is 0 Å². The van der Waals surface area contributed by atoms with Crippen LogP contribution in [-0.2, 0) is 9.53 Å². The van der Waals surface area contributed by atoms with Crippen molar-refractivity contribution in [2.75, 3.05) is 6.61 Å². The molecule has 0 saturated heterocycles. The first-order valence-corrected chi connectivity index (χ1v) is 13.9. The third-order valence-electron chi connectivity index (χ3n) is 8.58. The largest absolute Gasteiger partial charge is 0.368 e. The quantitative estimate of drug-likeness (QED) is 0.457. The van der Waals surface area contributed by atoms with E-state index < -0.39 is 0 Å². The van der Waals surface area contributed by atoms with Gasteiger partial charge in [-0.1, -0.05) is 96.1 Å². The molecule has 0 aromatic heterocycles. The van der Waals surface area contributed by atoms with Crippen LogP contribution in [0.15, 0.2) is 0 Å². The lowest BCUT2D eigenvalue weighted by Gasteiger charge is -2.36. The number of carbonyl (C=O) groups excluding carboxylic acids is 1. The maximum Gasteiger partial charge on any atom is 0.246 e. The molecular formula is C27H49BNO2. The van der Waals surface area contributed by atoms with Gasteiger partial charge < -0.3 is 10.1 Å². The Labute approximate surface area is 193 Å². The van der Waals surface area contributed by atoms with Crippen molar-refractivity contribution >= 4 is 13.2 Å². The molecule has 0 aromatic carbocycles. The van der Waals surface area contributed by atoms with E-state index in [1.807, 2.05) is 0 Å². The zero-order valence-corrected chi connectivity index (χ0v) is 20.4.